The molecule has 0 aliphatic carbocycles. The zero-order valence-electron chi connectivity index (χ0n) is 22.2. The first kappa shape index (κ1) is 26.0. The summed E-state index contributed by atoms with van der Waals surface area (Å²) in [7, 11) is 3.19. The summed E-state index contributed by atoms with van der Waals surface area (Å²) in [6, 6.07) is 24.7. The number of imide groups is 1. The number of hydrogen-bond donors (Lipinski definition) is 1. The molecule has 2 amide bonds. The van der Waals surface area contributed by atoms with Crippen LogP contribution in [0.15, 0.2) is 78.9 Å². The molecule has 3 aliphatic heterocycles. The lowest BCUT2D eigenvalue weighted by Gasteiger charge is -2.42. The van der Waals surface area contributed by atoms with Crippen LogP contribution < -0.4 is 14.8 Å². The van der Waals surface area contributed by atoms with Gasteiger partial charge in [-0.25, -0.2) is 0 Å². The zero-order chi connectivity index (χ0) is 28.0. The summed E-state index contributed by atoms with van der Waals surface area (Å²) >= 11 is 0. The summed E-state index contributed by atoms with van der Waals surface area (Å²) in [5, 5.41) is 2.42. The SMILES string of the molecule is COc1ccc(C(OC2C(OC(C)=O)C3OC2C2C(=O)NC(=O)C32)(c2ccccc2)c2ccc(OC)cc2)cc1. The predicted octanol–water partition coefficient (Wildman–Crippen LogP) is 2.98. The lowest BCUT2D eigenvalue weighted by molar-refractivity contribution is -0.169. The van der Waals surface area contributed by atoms with Crippen LogP contribution >= 0.6 is 0 Å². The molecule has 206 valence electrons. The number of fused-ring (bicyclic) bond motifs is 5. The lowest BCUT2D eigenvalue weighted by atomic mass is 9.76. The number of benzene rings is 3. The highest BCUT2D eigenvalue weighted by Crippen LogP contribution is 2.52. The summed E-state index contributed by atoms with van der Waals surface area (Å²) in [5.41, 5.74) is 1.12. The smallest absolute Gasteiger partial charge is 0.303 e. The minimum atomic E-state index is -1.23. The summed E-state index contributed by atoms with van der Waals surface area (Å²) in [5.74, 6) is -1.50. The summed E-state index contributed by atoms with van der Waals surface area (Å²) in [6.45, 7) is 1.30. The molecule has 3 aromatic carbocycles. The maximum Gasteiger partial charge on any atom is 0.303 e. The van der Waals surface area contributed by atoms with Crippen molar-refractivity contribution in [2.75, 3.05) is 14.2 Å². The van der Waals surface area contributed by atoms with Gasteiger partial charge in [-0.3, -0.25) is 19.7 Å². The molecule has 40 heavy (non-hydrogen) atoms. The van der Waals surface area contributed by atoms with E-state index < -0.39 is 59.6 Å². The minimum Gasteiger partial charge on any atom is -0.497 e. The quantitative estimate of drug-likeness (QED) is 0.262. The molecule has 0 aromatic heterocycles. The van der Waals surface area contributed by atoms with E-state index in [9.17, 15) is 14.4 Å². The number of hydrogen-bond acceptors (Lipinski definition) is 8. The van der Waals surface area contributed by atoms with Gasteiger partial charge in [0.15, 0.2) is 6.10 Å². The Kier molecular flexibility index (Phi) is 6.56. The van der Waals surface area contributed by atoms with E-state index in [-0.39, 0.29) is 0 Å². The normalized spacial score (nSPS) is 26.8. The molecule has 0 saturated carbocycles. The van der Waals surface area contributed by atoms with Gasteiger partial charge in [-0.05, 0) is 41.0 Å². The number of rotatable bonds is 8. The number of ether oxygens (including phenoxy) is 5. The van der Waals surface area contributed by atoms with Crippen molar-refractivity contribution in [3.8, 4) is 11.5 Å². The molecule has 3 aliphatic rings. The molecule has 9 heteroatoms. The number of carbonyl (C=O) groups is 3. The first-order chi connectivity index (χ1) is 19.4. The van der Waals surface area contributed by atoms with Gasteiger partial charge in [-0.15, -0.1) is 0 Å². The molecule has 9 nitrogen and oxygen atoms in total. The van der Waals surface area contributed by atoms with E-state index in [1.165, 1.54) is 6.92 Å². The molecule has 6 unspecified atom stereocenters. The van der Waals surface area contributed by atoms with Crippen molar-refractivity contribution in [3.05, 3.63) is 95.6 Å². The third-order valence-electron chi connectivity index (χ3n) is 8.02. The monoisotopic (exact) mass is 543 g/mol. The van der Waals surface area contributed by atoms with Crippen LogP contribution in [-0.2, 0) is 34.2 Å². The van der Waals surface area contributed by atoms with E-state index >= 15 is 0 Å². The van der Waals surface area contributed by atoms with Gasteiger partial charge in [-0.1, -0.05) is 54.6 Å². The maximum absolute atomic E-state index is 12.8. The molecule has 6 atom stereocenters. The van der Waals surface area contributed by atoms with Gasteiger partial charge in [0.2, 0.25) is 11.8 Å². The largest absolute Gasteiger partial charge is 0.497 e. The van der Waals surface area contributed by atoms with Gasteiger partial charge in [0.05, 0.1) is 26.1 Å². The number of methoxy groups -OCH3 is 2. The number of carbonyl (C=O) groups excluding carboxylic acids is 3. The van der Waals surface area contributed by atoms with Crippen molar-refractivity contribution in [2.24, 2.45) is 11.8 Å². The number of nitrogens with one attached hydrogen (secondary N) is 1. The fraction of sp³-hybridized carbons (Fsp3) is 0.323. The average molecular weight is 544 g/mol. The van der Waals surface area contributed by atoms with Crippen LogP contribution in [0.25, 0.3) is 0 Å². The Morgan fingerprint density at radius 3 is 1.68 bits per heavy atom. The topological polar surface area (TPSA) is 109 Å². The summed E-state index contributed by atoms with van der Waals surface area (Å²) < 4.78 is 30.0. The van der Waals surface area contributed by atoms with Crippen LogP contribution in [-0.4, -0.2) is 56.4 Å². The molecule has 6 rings (SSSR count). The number of amides is 2. The number of esters is 1. The average Bonchev–Trinajstić information content (AvgIpc) is 3.62. The Bertz CT molecular complexity index is 1370. The first-order valence-corrected chi connectivity index (χ1v) is 13.1. The lowest BCUT2D eigenvalue weighted by Crippen LogP contribution is -2.54. The van der Waals surface area contributed by atoms with Gasteiger partial charge >= 0.3 is 5.97 Å². The molecular formula is C31H29NO8. The van der Waals surface area contributed by atoms with E-state index in [0.717, 1.165) is 16.7 Å². The van der Waals surface area contributed by atoms with Crippen LogP contribution in [0.2, 0.25) is 0 Å². The van der Waals surface area contributed by atoms with Gasteiger partial charge < -0.3 is 23.7 Å². The van der Waals surface area contributed by atoms with Crippen LogP contribution in [0.5, 0.6) is 11.5 Å². The van der Waals surface area contributed by atoms with Gasteiger partial charge in [0.25, 0.3) is 0 Å². The highest BCUT2D eigenvalue weighted by Gasteiger charge is 2.69. The molecule has 3 fully saturated rings. The van der Waals surface area contributed by atoms with Crippen LogP contribution in [0.3, 0.4) is 0 Å². The van der Waals surface area contributed by atoms with Crippen LogP contribution in [0.4, 0.5) is 0 Å². The Morgan fingerprint density at radius 2 is 1.20 bits per heavy atom. The fourth-order valence-electron chi connectivity index (χ4n) is 6.30. The molecule has 2 bridgehead atoms. The third-order valence-corrected chi connectivity index (χ3v) is 8.02. The highest BCUT2D eigenvalue weighted by molar-refractivity contribution is 6.06. The summed E-state index contributed by atoms with van der Waals surface area (Å²) in [4.78, 5) is 37.7. The summed E-state index contributed by atoms with van der Waals surface area (Å²) in [6.07, 6.45) is -3.38. The minimum absolute atomic E-state index is 0.406. The highest BCUT2D eigenvalue weighted by atomic mass is 16.6. The standard InChI is InChI=1S/C31H29NO8/c1-17(33)38-27-25-23-24(30(35)32-29(23)34)26(39-25)28(27)40-31(18-7-5-4-6-8-18,19-9-13-21(36-2)14-10-19)20-11-15-22(37-3)16-12-20/h4-16,23-28H,1-3H3,(H,32,34,35). The van der Waals surface area contributed by atoms with E-state index in [1.807, 2.05) is 78.9 Å². The van der Waals surface area contributed by atoms with Crippen molar-refractivity contribution in [1.82, 2.24) is 5.32 Å². The molecule has 3 saturated heterocycles. The van der Waals surface area contributed by atoms with Crippen molar-refractivity contribution in [1.29, 1.82) is 0 Å². The molecule has 3 aromatic rings. The first-order valence-electron chi connectivity index (χ1n) is 13.1. The maximum atomic E-state index is 12.8. The third kappa shape index (κ3) is 4.04. The second-order valence-electron chi connectivity index (χ2n) is 10.1. The molecular weight excluding hydrogens is 514 g/mol. The second kappa shape index (κ2) is 10.1. The Hall–Kier alpha value is -4.21. The van der Waals surface area contributed by atoms with E-state index in [0.29, 0.717) is 11.5 Å². The van der Waals surface area contributed by atoms with Crippen LogP contribution in [0.1, 0.15) is 23.6 Å². The van der Waals surface area contributed by atoms with Crippen molar-refractivity contribution in [3.63, 3.8) is 0 Å². The molecule has 1 N–H and O–H groups in total. The van der Waals surface area contributed by atoms with Crippen molar-refractivity contribution < 1.29 is 38.1 Å². The Morgan fingerprint density at radius 1 is 0.725 bits per heavy atom. The fourth-order valence-corrected chi connectivity index (χ4v) is 6.30. The van der Waals surface area contributed by atoms with Crippen molar-refractivity contribution in [2.45, 2.75) is 36.9 Å². The van der Waals surface area contributed by atoms with Crippen LogP contribution in [0, 0.1) is 11.8 Å². The molecule has 0 radical (unpaired) electrons. The Balaban J connectivity index is 1.54. The van der Waals surface area contributed by atoms with E-state index in [2.05, 4.69) is 5.32 Å². The molecule has 0 spiro atoms. The van der Waals surface area contributed by atoms with Gasteiger partial charge in [-0.2, -0.15) is 0 Å². The van der Waals surface area contributed by atoms with E-state index in [4.69, 9.17) is 23.7 Å². The predicted molar refractivity (Wildman–Crippen MR) is 142 cm³/mol. The van der Waals surface area contributed by atoms with Crippen molar-refractivity contribution >= 4 is 17.8 Å². The van der Waals surface area contributed by atoms with Gasteiger partial charge in [0, 0.05) is 6.92 Å². The van der Waals surface area contributed by atoms with E-state index in [1.54, 1.807) is 14.2 Å². The second-order valence-corrected chi connectivity index (χ2v) is 10.1. The van der Waals surface area contributed by atoms with Gasteiger partial charge in [0.1, 0.15) is 35.4 Å². The Labute approximate surface area is 231 Å². The molecule has 3 heterocycles. The zero-order valence-corrected chi connectivity index (χ0v) is 22.2.